The third-order valence-corrected chi connectivity index (χ3v) is 4.87. The van der Waals surface area contributed by atoms with Crippen LogP contribution in [-0.4, -0.2) is 12.5 Å². The van der Waals surface area contributed by atoms with Gasteiger partial charge in [0.1, 0.15) is 5.82 Å². The largest absolute Gasteiger partial charge is 0.332 e. The Labute approximate surface area is 165 Å². The van der Waals surface area contributed by atoms with Gasteiger partial charge in [0.2, 0.25) is 0 Å². The maximum absolute atomic E-state index is 13.9. The molecule has 0 fully saturated rings. The maximum Gasteiger partial charge on any atom is 0.287 e. The highest BCUT2D eigenvalue weighted by atomic mass is 19.1. The van der Waals surface area contributed by atoms with Gasteiger partial charge in [-0.2, -0.15) is 0 Å². The van der Waals surface area contributed by atoms with Gasteiger partial charge in [-0.3, -0.25) is 4.79 Å². The van der Waals surface area contributed by atoms with Crippen LogP contribution in [0.5, 0.6) is 0 Å². The molecule has 3 N–H and O–H groups in total. The molecule has 3 rings (SSSR count). The molecule has 0 unspecified atom stereocenters. The van der Waals surface area contributed by atoms with Gasteiger partial charge in [0.05, 0.1) is 6.54 Å². The van der Waals surface area contributed by atoms with Crippen LogP contribution in [0.1, 0.15) is 28.3 Å². The van der Waals surface area contributed by atoms with E-state index in [1.165, 1.54) is 6.07 Å². The van der Waals surface area contributed by atoms with Crippen LogP contribution in [0.25, 0.3) is 0 Å². The van der Waals surface area contributed by atoms with Gasteiger partial charge in [0.15, 0.2) is 6.04 Å². The van der Waals surface area contributed by atoms with Crippen molar-refractivity contribution in [2.75, 3.05) is 11.9 Å². The predicted molar refractivity (Wildman–Crippen MR) is 111 cm³/mol. The minimum atomic E-state index is -0.395. The number of nitrogens with one attached hydrogen (secondary N) is 1. The first kappa shape index (κ1) is 19.8. The van der Waals surface area contributed by atoms with Crippen LogP contribution in [0, 0.1) is 19.7 Å². The first-order valence-corrected chi connectivity index (χ1v) is 9.54. The number of rotatable bonds is 7. The van der Waals surface area contributed by atoms with Crippen molar-refractivity contribution in [3.63, 3.8) is 0 Å². The molecule has 3 nitrogen and oxygen atoms in total. The molecule has 0 radical (unpaired) electrons. The summed E-state index contributed by atoms with van der Waals surface area (Å²) in [7, 11) is 0. The zero-order chi connectivity index (χ0) is 19.9. The lowest BCUT2D eigenvalue weighted by atomic mass is 10.0. The van der Waals surface area contributed by atoms with Gasteiger partial charge in [-0.25, -0.2) is 4.39 Å². The van der Waals surface area contributed by atoms with Gasteiger partial charge in [-0.15, -0.1) is 0 Å². The fourth-order valence-corrected chi connectivity index (χ4v) is 3.24. The molecule has 0 heterocycles. The minimum absolute atomic E-state index is 0.0755. The van der Waals surface area contributed by atoms with Crippen LogP contribution >= 0.6 is 0 Å². The van der Waals surface area contributed by atoms with Crippen molar-refractivity contribution >= 4 is 11.6 Å². The Kier molecular flexibility index (Phi) is 6.56. The Morgan fingerprint density at radius 3 is 2.46 bits per heavy atom. The number of amides is 1. The summed E-state index contributed by atoms with van der Waals surface area (Å²) in [6, 6.07) is 22.1. The first-order chi connectivity index (χ1) is 13.5. The number of aryl methyl sites for hydroxylation is 2. The van der Waals surface area contributed by atoms with E-state index in [1.807, 2.05) is 73.8 Å². The van der Waals surface area contributed by atoms with Gasteiger partial charge < -0.3 is 10.6 Å². The molecule has 0 aliphatic heterocycles. The minimum Gasteiger partial charge on any atom is -0.332 e. The van der Waals surface area contributed by atoms with Crippen LogP contribution < -0.4 is 10.6 Å². The van der Waals surface area contributed by atoms with Crippen molar-refractivity contribution in [3.05, 3.63) is 101 Å². The summed E-state index contributed by atoms with van der Waals surface area (Å²) < 4.78 is 13.9. The number of hydrogen-bond acceptors (Lipinski definition) is 1. The van der Waals surface area contributed by atoms with Crippen LogP contribution in [0.4, 0.5) is 10.1 Å². The van der Waals surface area contributed by atoms with Gasteiger partial charge in [-0.1, -0.05) is 60.7 Å². The second kappa shape index (κ2) is 9.29. The van der Waals surface area contributed by atoms with Gasteiger partial charge in [0, 0.05) is 17.7 Å². The molecule has 3 aromatic carbocycles. The molecule has 0 spiro atoms. The lowest BCUT2D eigenvalue weighted by molar-refractivity contribution is -0.682. The number of quaternary nitrogens is 1. The maximum atomic E-state index is 13.9. The average molecular weight is 377 g/mol. The average Bonchev–Trinajstić information content (AvgIpc) is 2.70. The number of carbonyl (C=O) groups excluding carboxylic acids is 1. The molecular formula is C24H26FN2O+. The molecule has 0 aliphatic carbocycles. The van der Waals surface area contributed by atoms with E-state index in [9.17, 15) is 9.18 Å². The van der Waals surface area contributed by atoms with Crippen molar-refractivity contribution in [2.24, 2.45) is 0 Å². The van der Waals surface area contributed by atoms with Gasteiger partial charge in [0.25, 0.3) is 5.91 Å². The summed E-state index contributed by atoms with van der Waals surface area (Å²) in [5.41, 5.74) is 4.55. The summed E-state index contributed by atoms with van der Waals surface area (Å²) in [5, 5.41) is 5.04. The van der Waals surface area contributed by atoms with E-state index in [-0.39, 0.29) is 11.7 Å². The number of benzene rings is 3. The SMILES string of the molecule is Cc1ccc(C)c(NC(=O)[C@@H]([NH2+]CCc2ccccc2F)c2ccccc2)c1. The van der Waals surface area contributed by atoms with E-state index in [1.54, 1.807) is 12.1 Å². The van der Waals surface area contributed by atoms with Crippen LogP contribution in [0.15, 0.2) is 72.8 Å². The Bertz CT molecular complexity index is 940. The molecule has 1 amide bonds. The summed E-state index contributed by atoms with van der Waals surface area (Å²) in [6.45, 7) is 4.60. The molecule has 4 heteroatoms. The highest BCUT2D eigenvalue weighted by molar-refractivity contribution is 5.95. The van der Waals surface area contributed by atoms with Crippen LogP contribution in [0.2, 0.25) is 0 Å². The molecule has 0 aliphatic rings. The van der Waals surface area contributed by atoms with Crippen LogP contribution in [-0.2, 0) is 11.2 Å². The number of nitrogens with two attached hydrogens (primary N) is 1. The Hall–Kier alpha value is -2.98. The lowest BCUT2D eigenvalue weighted by Crippen LogP contribution is -2.87. The third-order valence-electron chi connectivity index (χ3n) is 4.87. The molecular weight excluding hydrogens is 351 g/mol. The zero-order valence-corrected chi connectivity index (χ0v) is 16.3. The monoisotopic (exact) mass is 377 g/mol. The molecule has 0 saturated heterocycles. The molecule has 0 bridgehead atoms. The zero-order valence-electron chi connectivity index (χ0n) is 16.3. The fraction of sp³-hybridized carbons (Fsp3) is 0.208. The van der Waals surface area contributed by atoms with E-state index < -0.39 is 6.04 Å². The second-order valence-electron chi connectivity index (χ2n) is 7.06. The normalized spacial score (nSPS) is 11.8. The topological polar surface area (TPSA) is 45.7 Å². The molecule has 28 heavy (non-hydrogen) atoms. The number of anilines is 1. The summed E-state index contributed by atoms with van der Waals surface area (Å²) in [5.74, 6) is -0.277. The smallest absolute Gasteiger partial charge is 0.287 e. The van der Waals surface area contributed by atoms with E-state index in [4.69, 9.17) is 0 Å². The number of hydrogen-bond donors (Lipinski definition) is 2. The summed E-state index contributed by atoms with van der Waals surface area (Å²) >= 11 is 0. The standard InChI is InChI=1S/C24H25FN2O/c1-17-12-13-18(2)22(16-17)27-24(28)23(20-9-4-3-5-10-20)26-15-14-19-8-6-7-11-21(19)25/h3-13,16,23,26H,14-15H2,1-2H3,(H,27,28)/p+1/t23-/m0/s1. The Morgan fingerprint density at radius 1 is 1.00 bits per heavy atom. The van der Waals surface area contributed by atoms with Crippen molar-refractivity contribution in [1.29, 1.82) is 0 Å². The third kappa shape index (κ3) is 5.05. The number of carbonyl (C=O) groups is 1. The molecule has 144 valence electrons. The van der Waals surface area contributed by atoms with Crippen molar-refractivity contribution in [1.82, 2.24) is 0 Å². The quantitative estimate of drug-likeness (QED) is 0.644. The van der Waals surface area contributed by atoms with Crippen molar-refractivity contribution < 1.29 is 14.5 Å². The van der Waals surface area contributed by atoms with Crippen LogP contribution in [0.3, 0.4) is 0 Å². The van der Waals surface area contributed by atoms with E-state index >= 15 is 0 Å². The highest BCUT2D eigenvalue weighted by Gasteiger charge is 2.24. The van der Waals surface area contributed by atoms with Crippen molar-refractivity contribution in [3.8, 4) is 0 Å². The molecule has 0 saturated carbocycles. The Balaban J connectivity index is 1.74. The Morgan fingerprint density at radius 2 is 1.71 bits per heavy atom. The lowest BCUT2D eigenvalue weighted by Gasteiger charge is -2.17. The molecule has 1 atom stereocenters. The number of halogens is 1. The van der Waals surface area contributed by atoms with E-state index in [0.717, 1.165) is 22.4 Å². The van der Waals surface area contributed by atoms with Crippen molar-refractivity contribution in [2.45, 2.75) is 26.3 Å². The summed E-state index contributed by atoms with van der Waals surface area (Å²) in [6.07, 6.45) is 0.562. The van der Waals surface area contributed by atoms with Gasteiger partial charge >= 0.3 is 0 Å². The highest BCUT2D eigenvalue weighted by Crippen LogP contribution is 2.18. The first-order valence-electron chi connectivity index (χ1n) is 9.54. The van der Waals surface area contributed by atoms with E-state index in [0.29, 0.717) is 18.5 Å². The van der Waals surface area contributed by atoms with E-state index in [2.05, 4.69) is 5.32 Å². The predicted octanol–water partition coefficient (Wildman–Crippen LogP) is 3.93. The van der Waals surface area contributed by atoms with Gasteiger partial charge in [-0.05, 0) is 42.7 Å². The fourth-order valence-electron chi connectivity index (χ4n) is 3.24. The molecule has 0 aromatic heterocycles. The molecule has 3 aromatic rings. The second-order valence-corrected chi connectivity index (χ2v) is 7.06. The summed E-state index contributed by atoms with van der Waals surface area (Å²) in [4.78, 5) is 13.1.